The zero-order valence-electron chi connectivity index (χ0n) is 12.2. The summed E-state index contributed by atoms with van der Waals surface area (Å²) in [5.41, 5.74) is 1.36. The fraction of sp³-hybridized carbons (Fsp3) is 0.647. The summed E-state index contributed by atoms with van der Waals surface area (Å²) >= 11 is 6.15. The molecule has 0 radical (unpaired) electrons. The quantitative estimate of drug-likeness (QED) is 0.780. The Morgan fingerprint density at radius 1 is 1.21 bits per heavy atom. The lowest BCUT2D eigenvalue weighted by molar-refractivity contribution is 0.220. The zero-order chi connectivity index (χ0) is 13.7. The first-order chi connectivity index (χ1) is 9.24. The summed E-state index contributed by atoms with van der Waals surface area (Å²) in [6.45, 7) is 5.53. The average molecular weight is 280 g/mol. The fourth-order valence-corrected chi connectivity index (χ4v) is 3.61. The molecule has 0 aromatic heterocycles. The molecule has 0 saturated heterocycles. The van der Waals surface area contributed by atoms with Gasteiger partial charge in [0, 0.05) is 11.1 Å². The molecule has 1 atom stereocenters. The van der Waals surface area contributed by atoms with Crippen LogP contribution in [0.4, 0.5) is 0 Å². The second kappa shape index (κ2) is 7.31. The van der Waals surface area contributed by atoms with Gasteiger partial charge in [-0.05, 0) is 48.9 Å². The van der Waals surface area contributed by atoms with Crippen molar-refractivity contribution >= 4 is 11.6 Å². The van der Waals surface area contributed by atoms with Crippen LogP contribution in [0.5, 0.6) is 0 Å². The average Bonchev–Trinajstić information content (AvgIpc) is 2.45. The van der Waals surface area contributed by atoms with E-state index in [0.717, 1.165) is 23.4 Å². The maximum absolute atomic E-state index is 6.15. The van der Waals surface area contributed by atoms with Crippen LogP contribution in [-0.4, -0.2) is 6.54 Å². The topological polar surface area (TPSA) is 12.0 Å². The molecule has 1 aromatic carbocycles. The van der Waals surface area contributed by atoms with Gasteiger partial charge in [0.15, 0.2) is 0 Å². The Morgan fingerprint density at radius 3 is 2.53 bits per heavy atom. The van der Waals surface area contributed by atoms with Crippen LogP contribution in [0.2, 0.25) is 5.02 Å². The van der Waals surface area contributed by atoms with Crippen LogP contribution in [0.15, 0.2) is 24.3 Å². The van der Waals surface area contributed by atoms with Gasteiger partial charge >= 0.3 is 0 Å². The van der Waals surface area contributed by atoms with Gasteiger partial charge in [-0.1, -0.05) is 56.8 Å². The minimum atomic E-state index is 0.474. The Balaban J connectivity index is 2.08. The number of hydrogen-bond donors (Lipinski definition) is 1. The molecule has 1 unspecified atom stereocenters. The molecular weight excluding hydrogens is 254 g/mol. The third-order valence-corrected chi connectivity index (χ3v) is 4.81. The van der Waals surface area contributed by atoms with Crippen LogP contribution < -0.4 is 5.32 Å². The largest absolute Gasteiger partial charge is 0.310 e. The van der Waals surface area contributed by atoms with Gasteiger partial charge < -0.3 is 5.32 Å². The SMILES string of the molecule is CCNC(c1cccc(Cl)c1)C1CCC(CC)CC1. The predicted molar refractivity (Wildman–Crippen MR) is 83.6 cm³/mol. The molecule has 1 fully saturated rings. The molecule has 1 nitrogen and oxygen atoms in total. The van der Waals surface area contributed by atoms with Crippen LogP contribution in [0.25, 0.3) is 0 Å². The molecule has 1 aliphatic carbocycles. The lowest BCUT2D eigenvalue weighted by Crippen LogP contribution is -2.31. The van der Waals surface area contributed by atoms with Crippen LogP contribution in [0, 0.1) is 11.8 Å². The number of halogens is 1. The van der Waals surface area contributed by atoms with Crippen molar-refractivity contribution in [3.05, 3.63) is 34.9 Å². The summed E-state index contributed by atoms with van der Waals surface area (Å²) in [7, 11) is 0. The van der Waals surface area contributed by atoms with Crippen molar-refractivity contribution in [2.75, 3.05) is 6.54 Å². The standard InChI is InChI=1S/C17H26ClN/c1-3-13-8-10-14(11-9-13)17(19-4-2)15-6-5-7-16(18)12-15/h5-7,12-14,17,19H,3-4,8-11H2,1-2H3. The van der Waals surface area contributed by atoms with Crippen molar-refractivity contribution in [2.45, 2.75) is 52.0 Å². The van der Waals surface area contributed by atoms with E-state index in [2.05, 4.69) is 37.4 Å². The highest BCUT2D eigenvalue weighted by atomic mass is 35.5. The van der Waals surface area contributed by atoms with Gasteiger partial charge in [-0.15, -0.1) is 0 Å². The molecule has 0 aliphatic heterocycles. The molecule has 1 saturated carbocycles. The highest BCUT2D eigenvalue weighted by Gasteiger charge is 2.27. The van der Waals surface area contributed by atoms with Crippen molar-refractivity contribution in [3.8, 4) is 0 Å². The third-order valence-electron chi connectivity index (χ3n) is 4.57. The number of rotatable bonds is 5. The van der Waals surface area contributed by atoms with Crippen LogP contribution in [0.3, 0.4) is 0 Å². The van der Waals surface area contributed by atoms with E-state index in [-0.39, 0.29) is 0 Å². The summed E-state index contributed by atoms with van der Waals surface area (Å²) in [6, 6.07) is 8.84. The van der Waals surface area contributed by atoms with Gasteiger partial charge in [-0.3, -0.25) is 0 Å². The van der Waals surface area contributed by atoms with Gasteiger partial charge in [-0.2, -0.15) is 0 Å². The lowest BCUT2D eigenvalue weighted by atomic mass is 9.76. The van der Waals surface area contributed by atoms with Gasteiger partial charge in [0.05, 0.1) is 0 Å². The number of hydrogen-bond acceptors (Lipinski definition) is 1. The third kappa shape index (κ3) is 3.97. The minimum absolute atomic E-state index is 0.474. The van der Waals surface area contributed by atoms with E-state index in [1.165, 1.54) is 37.7 Å². The summed E-state index contributed by atoms with van der Waals surface area (Å²) in [6.07, 6.45) is 6.83. The Kier molecular flexibility index (Phi) is 5.72. The summed E-state index contributed by atoms with van der Waals surface area (Å²) in [5.74, 6) is 1.72. The molecule has 1 N–H and O–H groups in total. The van der Waals surface area contributed by atoms with Crippen LogP contribution in [0.1, 0.15) is 57.6 Å². The predicted octanol–water partition coefficient (Wildman–Crippen LogP) is 5.21. The van der Waals surface area contributed by atoms with E-state index in [0.29, 0.717) is 6.04 Å². The van der Waals surface area contributed by atoms with Crippen molar-refractivity contribution in [3.63, 3.8) is 0 Å². The lowest BCUT2D eigenvalue weighted by Gasteiger charge is -2.34. The first-order valence-corrected chi connectivity index (χ1v) is 8.11. The highest BCUT2D eigenvalue weighted by Crippen LogP contribution is 2.38. The smallest absolute Gasteiger partial charge is 0.0409 e. The molecule has 0 spiro atoms. The van der Waals surface area contributed by atoms with Gasteiger partial charge in [0.25, 0.3) is 0 Å². The fourth-order valence-electron chi connectivity index (χ4n) is 3.41. The van der Waals surface area contributed by atoms with Gasteiger partial charge in [-0.25, -0.2) is 0 Å². The van der Waals surface area contributed by atoms with Crippen molar-refractivity contribution in [2.24, 2.45) is 11.8 Å². The van der Waals surface area contributed by atoms with E-state index in [1.807, 2.05) is 6.07 Å². The molecule has 1 aromatic rings. The maximum Gasteiger partial charge on any atom is 0.0409 e. The van der Waals surface area contributed by atoms with E-state index in [1.54, 1.807) is 0 Å². The normalized spacial score (nSPS) is 25.2. The van der Waals surface area contributed by atoms with E-state index in [4.69, 9.17) is 11.6 Å². The molecule has 106 valence electrons. The van der Waals surface area contributed by atoms with Crippen molar-refractivity contribution in [1.82, 2.24) is 5.32 Å². The molecule has 0 heterocycles. The van der Waals surface area contributed by atoms with Crippen LogP contribution >= 0.6 is 11.6 Å². The van der Waals surface area contributed by atoms with Crippen molar-refractivity contribution < 1.29 is 0 Å². The Bertz CT molecular complexity index is 383. The molecule has 2 rings (SSSR count). The second-order valence-corrected chi connectivity index (χ2v) is 6.22. The molecule has 1 aliphatic rings. The summed E-state index contributed by atoms with van der Waals surface area (Å²) in [4.78, 5) is 0. The molecule has 0 bridgehead atoms. The van der Waals surface area contributed by atoms with Crippen LogP contribution in [-0.2, 0) is 0 Å². The van der Waals surface area contributed by atoms with Crippen molar-refractivity contribution in [1.29, 1.82) is 0 Å². The Morgan fingerprint density at radius 2 is 1.95 bits per heavy atom. The molecule has 2 heteroatoms. The monoisotopic (exact) mass is 279 g/mol. The van der Waals surface area contributed by atoms with E-state index >= 15 is 0 Å². The maximum atomic E-state index is 6.15. The first-order valence-electron chi connectivity index (χ1n) is 7.73. The van der Waals surface area contributed by atoms with Gasteiger partial charge in [0.2, 0.25) is 0 Å². The molecule has 0 amide bonds. The summed E-state index contributed by atoms with van der Waals surface area (Å²) in [5, 5.41) is 4.52. The zero-order valence-corrected chi connectivity index (χ0v) is 12.9. The Labute approximate surface area is 122 Å². The second-order valence-electron chi connectivity index (χ2n) is 5.78. The first kappa shape index (κ1) is 14.9. The highest BCUT2D eigenvalue weighted by molar-refractivity contribution is 6.30. The Hall–Kier alpha value is -0.530. The van der Waals surface area contributed by atoms with E-state index < -0.39 is 0 Å². The number of benzene rings is 1. The van der Waals surface area contributed by atoms with Gasteiger partial charge in [0.1, 0.15) is 0 Å². The minimum Gasteiger partial charge on any atom is -0.310 e. The number of nitrogens with one attached hydrogen (secondary N) is 1. The summed E-state index contributed by atoms with van der Waals surface area (Å²) < 4.78 is 0. The van der Waals surface area contributed by atoms with E-state index in [9.17, 15) is 0 Å². The molecular formula is C17H26ClN. The molecule has 19 heavy (non-hydrogen) atoms.